The largest absolute Gasteiger partial charge is 0.374 e. The molecule has 2 N–H and O–H groups in total. The predicted octanol–water partition coefficient (Wildman–Crippen LogP) is 3.64. The quantitative estimate of drug-likeness (QED) is 0.871. The number of hydrogen-bond donors (Lipinski definition) is 1. The summed E-state index contributed by atoms with van der Waals surface area (Å²) in [6.45, 7) is 6.03. The highest BCUT2D eigenvalue weighted by Crippen LogP contribution is 2.23. The number of aryl methyl sites for hydroxylation is 1. The molecule has 0 fully saturated rings. The number of rotatable bonds is 6. The fourth-order valence-electron chi connectivity index (χ4n) is 1.58. The summed E-state index contributed by atoms with van der Waals surface area (Å²) >= 11 is 11.8. The molecular formula is C15H21Cl2NO2. The minimum atomic E-state index is -0.586. The molecular weight excluding hydrogens is 297 g/mol. The van der Waals surface area contributed by atoms with Crippen LogP contribution in [-0.2, 0) is 16.0 Å². The fraction of sp³-hybridized carbons (Fsp3) is 0.533. The molecule has 0 aromatic heterocycles. The summed E-state index contributed by atoms with van der Waals surface area (Å²) in [5, 5.41) is 1.01. The zero-order valence-corrected chi connectivity index (χ0v) is 13.6. The van der Waals surface area contributed by atoms with Crippen LogP contribution in [0, 0.1) is 0 Å². The Kier molecular flexibility index (Phi) is 6.46. The van der Waals surface area contributed by atoms with Crippen molar-refractivity contribution in [1.29, 1.82) is 0 Å². The van der Waals surface area contributed by atoms with E-state index in [1.54, 1.807) is 12.1 Å². The Morgan fingerprint density at radius 1 is 1.30 bits per heavy atom. The minimum absolute atomic E-state index is 0.0136. The second-order valence-electron chi connectivity index (χ2n) is 5.74. The molecule has 5 heteroatoms. The molecule has 0 bridgehead atoms. The zero-order valence-electron chi connectivity index (χ0n) is 12.1. The number of benzene rings is 1. The molecule has 0 heterocycles. The average Bonchev–Trinajstić information content (AvgIpc) is 2.36. The van der Waals surface area contributed by atoms with Crippen molar-refractivity contribution in [2.75, 3.05) is 6.61 Å². The van der Waals surface area contributed by atoms with E-state index < -0.39 is 6.04 Å². The molecule has 0 amide bonds. The van der Waals surface area contributed by atoms with E-state index in [4.69, 9.17) is 33.7 Å². The Morgan fingerprint density at radius 2 is 1.95 bits per heavy atom. The van der Waals surface area contributed by atoms with Gasteiger partial charge in [0.15, 0.2) is 5.78 Å². The summed E-state index contributed by atoms with van der Waals surface area (Å²) < 4.78 is 5.51. The smallest absolute Gasteiger partial charge is 0.152 e. The van der Waals surface area contributed by atoms with E-state index in [1.165, 1.54) is 0 Å². The Balaban J connectivity index is 2.44. The molecule has 0 aliphatic carbocycles. The van der Waals surface area contributed by atoms with Gasteiger partial charge in [0.05, 0.1) is 28.3 Å². The number of halogens is 2. The van der Waals surface area contributed by atoms with Crippen LogP contribution in [-0.4, -0.2) is 24.0 Å². The maximum Gasteiger partial charge on any atom is 0.152 e. The molecule has 20 heavy (non-hydrogen) atoms. The monoisotopic (exact) mass is 317 g/mol. The summed E-state index contributed by atoms with van der Waals surface area (Å²) in [7, 11) is 0. The normalized spacial score (nSPS) is 13.3. The molecule has 1 aromatic carbocycles. The first-order valence-electron chi connectivity index (χ1n) is 6.55. The van der Waals surface area contributed by atoms with E-state index in [9.17, 15) is 4.79 Å². The third-order valence-corrected chi connectivity index (χ3v) is 3.49. The van der Waals surface area contributed by atoms with Crippen LogP contribution in [0.5, 0.6) is 0 Å². The van der Waals surface area contributed by atoms with Crippen LogP contribution in [0.1, 0.15) is 32.8 Å². The van der Waals surface area contributed by atoms with Crippen molar-refractivity contribution in [2.24, 2.45) is 5.73 Å². The lowest BCUT2D eigenvalue weighted by Crippen LogP contribution is -2.38. The second-order valence-corrected chi connectivity index (χ2v) is 6.56. The van der Waals surface area contributed by atoms with Gasteiger partial charge in [0, 0.05) is 6.42 Å². The third-order valence-electron chi connectivity index (χ3n) is 2.75. The van der Waals surface area contributed by atoms with Gasteiger partial charge >= 0.3 is 0 Å². The van der Waals surface area contributed by atoms with Gasteiger partial charge in [-0.25, -0.2) is 0 Å². The standard InChI is InChI=1S/C15H21Cl2NO2/c1-15(2,3)20-9-13(18)14(19)7-5-10-4-6-11(16)12(17)8-10/h4,6,8,13H,5,7,9,18H2,1-3H3/t13-/m1/s1. The van der Waals surface area contributed by atoms with Crippen LogP contribution in [0.15, 0.2) is 18.2 Å². The predicted molar refractivity (Wildman–Crippen MR) is 83.5 cm³/mol. The molecule has 1 rings (SSSR count). The summed E-state index contributed by atoms with van der Waals surface area (Å²) in [6, 6.07) is 4.77. The fourth-order valence-corrected chi connectivity index (χ4v) is 1.90. The first-order valence-corrected chi connectivity index (χ1v) is 7.31. The number of hydrogen-bond acceptors (Lipinski definition) is 3. The molecule has 0 spiro atoms. The first-order chi connectivity index (χ1) is 9.19. The summed E-state index contributed by atoms with van der Waals surface area (Å²) in [4.78, 5) is 11.9. The van der Waals surface area contributed by atoms with Crippen LogP contribution >= 0.6 is 23.2 Å². The van der Waals surface area contributed by atoms with Crippen molar-refractivity contribution >= 4 is 29.0 Å². The number of nitrogens with two attached hydrogens (primary N) is 1. The van der Waals surface area contributed by atoms with Crippen LogP contribution in [0.4, 0.5) is 0 Å². The third kappa shape index (κ3) is 6.23. The number of Topliss-reactive ketones (excluding diaryl/α,β-unsaturated/α-hetero) is 1. The van der Waals surface area contributed by atoms with Crippen LogP contribution in [0.25, 0.3) is 0 Å². The molecule has 0 aliphatic rings. The van der Waals surface area contributed by atoms with Crippen LogP contribution < -0.4 is 5.73 Å². The highest BCUT2D eigenvalue weighted by molar-refractivity contribution is 6.42. The van der Waals surface area contributed by atoms with Crippen molar-refractivity contribution in [2.45, 2.75) is 45.3 Å². The van der Waals surface area contributed by atoms with Crippen molar-refractivity contribution in [1.82, 2.24) is 0 Å². The molecule has 1 atom stereocenters. The zero-order chi connectivity index (χ0) is 15.3. The first kappa shape index (κ1) is 17.4. The Labute approximate surface area is 130 Å². The van der Waals surface area contributed by atoms with E-state index in [-0.39, 0.29) is 18.0 Å². The molecule has 3 nitrogen and oxygen atoms in total. The number of carbonyl (C=O) groups is 1. The topological polar surface area (TPSA) is 52.3 Å². The van der Waals surface area contributed by atoms with Gasteiger partial charge in [-0.2, -0.15) is 0 Å². The molecule has 0 radical (unpaired) electrons. The average molecular weight is 318 g/mol. The lowest BCUT2D eigenvalue weighted by atomic mass is 10.0. The van der Waals surface area contributed by atoms with Crippen molar-refractivity contribution in [3.05, 3.63) is 33.8 Å². The molecule has 0 saturated heterocycles. The van der Waals surface area contributed by atoms with Gasteiger partial charge < -0.3 is 10.5 Å². The van der Waals surface area contributed by atoms with Gasteiger partial charge in [-0.3, -0.25) is 4.79 Å². The van der Waals surface area contributed by atoms with Gasteiger partial charge in [0.1, 0.15) is 0 Å². The highest BCUT2D eigenvalue weighted by atomic mass is 35.5. The lowest BCUT2D eigenvalue weighted by molar-refractivity contribution is -0.123. The summed E-state index contributed by atoms with van der Waals surface area (Å²) in [6.07, 6.45) is 0.964. The van der Waals surface area contributed by atoms with Gasteiger partial charge in [0.25, 0.3) is 0 Å². The minimum Gasteiger partial charge on any atom is -0.374 e. The molecule has 0 saturated carbocycles. The van der Waals surface area contributed by atoms with Gasteiger partial charge in [-0.05, 0) is 44.9 Å². The summed E-state index contributed by atoms with van der Waals surface area (Å²) in [5.41, 5.74) is 6.50. The Hall–Kier alpha value is -0.610. The maximum absolute atomic E-state index is 11.9. The number of carbonyl (C=O) groups excluding carboxylic acids is 1. The molecule has 1 aromatic rings. The maximum atomic E-state index is 11.9. The lowest BCUT2D eigenvalue weighted by Gasteiger charge is -2.21. The molecule has 112 valence electrons. The Morgan fingerprint density at radius 3 is 2.50 bits per heavy atom. The highest BCUT2D eigenvalue weighted by Gasteiger charge is 2.18. The SMILES string of the molecule is CC(C)(C)OC[C@@H](N)C(=O)CCc1ccc(Cl)c(Cl)c1. The van der Waals surface area contributed by atoms with E-state index in [0.29, 0.717) is 22.9 Å². The van der Waals surface area contributed by atoms with Crippen molar-refractivity contribution in [3.8, 4) is 0 Å². The molecule has 0 unspecified atom stereocenters. The molecule has 0 aliphatic heterocycles. The number of ether oxygens (including phenoxy) is 1. The second kappa shape index (κ2) is 7.41. The number of ketones is 1. The van der Waals surface area contributed by atoms with E-state index in [0.717, 1.165) is 5.56 Å². The van der Waals surface area contributed by atoms with Crippen molar-refractivity contribution in [3.63, 3.8) is 0 Å². The van der Waals surface area contributed by atoms with Crippen molar-refractivity contribution < 1.29 is 9.53 Å². The van der Waals surface area contributed by atoms with Gasteiger partial charge in [-0.15, -0.1) is 0 Å². The van der Waals surface area contributed by atoms with E-state index >= 15 is 0 Å². The Bertz CT molecular complexity index is 469. The van der Waals surface area contributed by atoms with E-state index in [1.807, 2.05) is 26.8 Å². The van der Waals surface area contributed by atoms with E-state index in [2.05, 4.69) is 0 Å². The summed E-state index contributed by atoms with van der Waals surface area (Å²) in [5.74, 6) is -0.0136. The van der Waals surface area contributed by atoms with Crippen LogP contribution in [0.2, 0.25) is 10.0 Å². The van der Waals surface area contributed by atoms with Crippen LogP contribution in [0.3, 0.4) is 0 Å². The van der Waals surface area contributed by atoms with Gasteiger partial charge in [-0.1, -0.05) is 29.3 Å². The van der Waals surface area contributed by atoms with Gasteiger partial charge in [0.2, 0.25) is 0 Å².